The van der Waals surface area contributed by atoms with Crippen LogP contribution in [0.15, 0.2) is 52.1 Å². The van der Waals surface area contributed by atoms with Crippen LogP contribution in [0.5, 0.6) is 0 Å². The number of piperidine rings is 1. The van der Waals surface area contributed by atoms with Crippen LogP contribution >= 0.6 is 11.8 Å². The summed E-state index contributed by atoms with van der Waals surface area (Å²) in [5.74, 6) is 0.00749. The normalized spacial score (nSPS) is 17.1. The van der Waals surface area contributed by atoms with E-state index in [1.807, 2.05) is 37.3 Å². The van der Waals surface area contributed by atoms with Crippen LogP contribution in [0.25, 0.3) is 11.1 Å². The molecular formula is C21H22FN3O2S. The van der Waals surface area contributed by atoms with E-state index >= 15 is 0 Å². The number of aryl methyl sites for hydroxylation is 1. The molecule has 2 heterocycles. The molecule has 0 spiro atoms. The minimum absolute atomic E-state index is 0.0325. The number of carbonyl (C=O) groups excluding carboxylic acids is 1. The Balaban J connectivity index is 1.32. The van der Waals surface area contributed by atoms with E-state index in [9.17, 15) is 9.18 Å². The van der Waals surface area contributed by atoms with Gasteiger partial charge in [0.1, 0.15) is 11.3 Å². The van der Waals surface area contributed by atoms with Crippen molar-refractivity contribution in [2.45, 2.75) is 31.0 Å². The van der Waals surface area contributed by atoms with Crippen LogP contribution in [-0.4, -0.2) is 35.8 Å². The number of rotatable bonds is 5. The second-order valence-corrected chi connectivity index (χ2v) is 7.95. The number of benzene rings is 2. The molecule has 0 aliphatic carbocycles. The average molecular weight is 399 g/mol. The van der Waals surface area contributed by atoms with E-state index < -0.39 is 0 Å². The number of nitrogens with one attached hydrogen (secondary N) is 1. The van der Waals surface area contributed by atoms with Gasteiger partial charge < -0.3 is 14.6 Å². The van der Waals surface area contributed by atoms with Crippen LogP contribution in [0.2, 0.25) is 0 Å². The Morgan fingerprint density at radius 3 is 3.04 bits per heavy atom. The van der Waals surface area contributed by atoms with Crippen molar-refractivity contribution in [1.82, 2.24) is 10.3 Å². The van der Waals surface area contributed by atoms with Crippen molar-refractivity contribution in [3.8, 4) is 0 Å². The fraction of sp³-hybridized carbons (Fsp3) is 0.333. The Hall–Kier alpha value is -2.54. The summed E-state index contributed by atoms with van der Waals surface area (Å²) in [5, 5.41) is 3.61. The molecule has 3 aromatic rings. The largest absolute Gasteiger partial charge is 0.431 e. The third-order valence-electron chi connectivity index (χ3n) is 4.89. The number of carbonyl (C=O) groups is 1. The van der Waals surface area contributed by atoms with Gasteiger partial charge in [0.25, 0.3) is 5.22 Å². The Bertz CT molecular complexity index is 958. The average Bonchev–Trinajstić information content (AvgIpc) is 3.10. The molecule has 1 aromatic heterocycles. The molecule has 5 nitrogen and oxygen atoms in total. The first-order chi connectivity index (χ1) is 13.6. The molecule has 4 rings (SSSR count). The smallest absolute Gasteiger partial charge is 0.257 e. The maximum atomic E-state index is 13.4. The molecule has 1 aliphatic rings. The summed E-state index contributed by atoms with van der Waals surface area (Å²) >= 11 is 1.30. The molecule has 146 valence electrons. The van der Waals surface area contributed by atoms with E-state index in [0.29, 0.717) is 5.22 Å². The van der Waals surface area contributed by atoms with Gasteiger partial charge in [-0.1, -0.05) is 23.9 Å². The van der Waals surface area contributed by atoms with E-state index in [1.165, 1.54) is 17.8 Å². The second kappa shape index (κ2) is 8.22. The molecule has 0 saturated carbocycles. The first kappa shape index (κ1) is 18.8. The summed E-state index contributed by atoms with van der Waals surface area (Å²) in [7, 11) is 0. The van der Waals surface area contributed by atoms with Crippen LogP contribution in [0.4, 0.5) is 10.1 Å². The Morgan fingerprint density at radius 2 is 2.21 bits per heavy atom. The van der Waals surface area contributed by atoms with Gasteiger partial charge in [-0.2, -0.15) is 0 Å². The number of anilines is 1. The highest BCUT2D eigenvalue weighted by Gasteiger charge is 2.23. The predicted molar refractivity (Wildman–Crippen MR) is 109 cm³/mol. The first-order valence-corrected chi connectivity index (χ1v) is 10.4. The lowest BCUT2D eigenvalue weighted by Gasteiger charge is -2.35. The van der Waals surface area contributed by atoms with E-state index in [0.717, 1.165) is 48.3 Å². The van der Waals surface area contributed by atoms with Crippen LogP contribution < -0.4 is 10.2 Å². The molecule has 1 saturated heterocycles. The van der Waals surface area contributed by atoms with Gasteiger partial charge in [0.05, 0.1) is 5.75 Å². The number of hydrogen-bond acceptors (Lipinski definition) is 5. The maximum absolute atomic E-state index is 13.4. The number of para-hydroxylation sites is 2. The molecule has 1 amide bonds. The molecule has 7 heteroatoms. The fourth-order valence-electron chi connectivity index (χ4n) is 3.60. The summed E-state index contributed by atoms with van der Waals surface area (Å²) in [6, 6.07) is 12.5. The summed E-state index contributed by atoms with van der Waals surface area (Å²) in [5.41, 5.74) is 3.46. The van der Waals surface area contributed by atoms with Crippen molar-refractivity contribution in [2.75, 3.05) is 23.7 Å². The van der Waals surface area contributed by atoms with E-state index in [4.69, 9.17) is 4.42 Å². The van der Waals surface area contributed by atoms with Crippen LogP contribution in [-0.2, 0) is 4.79 Å². The van der Waals surface area contributed by atoms with Crippen molar-refractivity contribution < 1.29 is 13.6 Å². The number of aromatic nitrogens is 1. The van der Waals surface area contributed by atoms with Crippen molar-refractivity contribution in [2.24, 2.45) is 0 Å². The van der Waals surface area contributed by atoms with Crippen molar-refractivity contribution >= 4 is 34.5 Å². The zero-order valence-corrected chi connectivity index (χ0v) is 16.5. The van der Waals surface area contributed by atoms with Gasteiger partial charge >= 0.3 is 0 Å². The van der Waals surface area contributed by atoms with Crippen molar-refractivity contribution in [1.29, 1.82) is 0 Å². The molecule has 28 heavy (non-hydrogen) atoms. The predicted octanol–water partition coefficient (Wildman–Crippen LogP) is 4.15. The maximum Gasteiger partial charge on any atom is 0.257 e. The number of halogens is 1. The van der Waals surface area contributed by atoms with Gasteiger partial charge in [-0.05, 0) is 55.7 Å². The van der Waals surface area contributed by atoms with Crippen LogP contribution in [0.1, 0.15) is 18.4 Å². The molecule has 1 atom stereocenters. The highest BCUT2D eigenvalue weighted by atomic mass is 32.2. The lowest BCUT2D eigenvalue weighted by molar-refractivity contribution is -0.119. The Kier molecular flexibility index (Phi) is 5.52. The van der Waals surface area contributed by atoms with Crippen LogP contribution in [0, 0.1) is 12.7 Å². The third kappa shape index (κ3) is 4.30. The molecule has 0 unspecified atom stereocenters. The quantitative estimate of drug-likeness (QED) is 0.653. The zero-order chi connectivity index (χ0) is 19.5. The highest BCUT2D eigenvalue weighted by molar-refractivity contribution is 7.99. The zero-order valence-electron chi connectivity index (χ0n) is 15.7. The van der Waals surface area contributed by atoms with Crippen molar-refractivity contribution in [3.05, 3.63) is 53.8 Å². The Labute approximate surface area is 167 Å². The molecule has 0 radical (unpaired) electrons. The molecule has 2 aromatic carbocycles. The number of amides is 1. The number of thioether (sulfide) groups is 1. The number of nitrogens with zero attached hydrogens (tertiary/aromatic N) is 2. The SMILES string of the molecule is Cc1cc(F)ccc1N1CCC[C@@H](NC(=O)CSc2nc3ccccc3o2)C1. The summed E-state index contributed by atoms with van der Waals surface area (Å²) in [6.45, 7) is 3.56. The molecule has 1 fully saturated rings. The van der Waals surface area contributed by atoms with Gasteiger partial charge in [0.2, 0.25) is 5.91 Å². The number of hydrogen-bond donors (Lipinski definition) is 1. The third-order valence-corrected chi connectivity index (χ3v) is 5.72. The number of oxazole rings is 1. The molecule has 0 bridgehead atoms. The summed E-state index contributed by atoms with van der Waals surface area (Å²) < 4.78 is 19.0. The highest BCUT2D eigenvalue weighted by Crippen LogP contribution is 2.25. The minimum Gasteiger partial charge on any atom is -0.431 e. The van der Waals surface area contributed by atoms with E-state index in [2.05, 4.69) is 15.2 Å². The fourth-order valence-corrected chi connectivity index (χ4v) is 4.25. The first-order valence-electron chi connectivity index (χ1n) is 9.37. The monoisotopic (exact) mass is 399 g/mol. The Morgan fingerprint density at radius 1 is 1.36 bits per heavy atom. The van der Waals surface area contributed by atoms with Gasteiger partial charge in [0.15, 0.2) is 5.58 Å². The van der Waals surface area contributed by atoms with Crippen LogP contribution in [0.3, 0.4) is 0 Å². The summed E-state index contributed by atoms with van der Waals surface area (Å²) in [4.78, 5) is 19.0. The van der Waals surface area contributed by atoms with E-state index in [-0.39, 0.29) is 23.5 Å². The standard InChI is InChI=1S/C21H22FN3O2S/c1-14-11-15(22)8-9-18(14)25-10-4-5-16(12-25)23-20(26)13-28-21-24-17-6-2-3-7-19(17)27-21/h2-3,6-9,11,16H,4-5,10,12-13H2,1H3,(H,23,26)/t16-/m1/s1. The van der Waals surface area contributed by atoms with Gasteiger partial charge in [-0.25, -0.2) is 9.37 Å². The van der Waals surface area contributed by atoms with Gasteiger partial charge in [0, 0.05) is 24.8 Å². The summed E-state index contributed by atoms with van der Waals surface area (Å²) in [6.07, 6.45) is 1.93. The molecular weight excluding hydrogens is 377 g/mol. The van der Waals surface area contributed by atoms with E-state index in [1.54, 1.807) is 6.07 Å². The molecule has 1 aliphatic heterocycles. The minimum atomic E-state index is -0.223. The topological polar surface area (TPSA) is 58.4 Å². The lowest BCUT2D eigenvalue weighted by atomic mass is 10.0. The van der Waals surface area contributed by atoms with Crippen molar-refractivity contribution in [3.63, 3.8) is 0 Å². The lowest BCUT2D eigenvalue weighted by Crippen LogP contribution is -2.48. The second-order valence-electron chi connectivity index (χ2n) is 7.02. The van der Waals surface area contributed by atoms with Gasteiger partial charge in [-0.15, -0.1) is 0 Å². The molecule has 1 N–H and O–H groups in total. The van der Waals surface area contributed by atoms with Gasteiger partial charge in [-0.3, -0.25) is 4.79 Å². The number of fused-ring (bicyclic) bond motifs is 1.